The minimum absolute atomic E-state index is 0.189. The van der Waals surface area contributed by atoms with Crippen molar-refractivity contribution < 1.29 is 28.6 Å². The molecular weight excluding hydrogens is 257 g/mol. The van der Waals surface area contributed by atoms with E-state index >= 15 is 0 Å². The van der Waals surface area contributed by atoms with Gasteiger partial charge in [-0.25, -0.2) is 9.18 Å². The highest BCUT2D eigenvalue weighted by Gasteiger charge is 2.20. The molecule has 1 amide bonds. The summed E-state index contributed by atoms with van der Waals surface area (Å²) < 4.78 is 22.2. The maximum absolute atomic E-state index is 12.8. The lowest BCUT2D eigenvalue weighted by atomic mass is 10.3. The number of nitrogens with one attached hydrogen (secondary N) is 1. The first-order valence-electron chi connectivity index (χ1n) is 5.43. The van der Waals surface area contributed by atoms with Gasteiger partial charge in [-0.05, 0) is 12.1 Å². The molecule has 1 rings (SSSR count). The van der Waals surface area contributed by atoms with Crippen LogP contribution in [0.4, 0.5) is 4.39 Å². The van der Waals surface area contributed by atoms with Gasteiger partial charge in [0.05, 0.1) is 13.7 Å². The Kier molecular flexibility index (Phi) is 5.74. The Morgan fingerprint density at radius 2 is 2.21 bits per heavy atom. The van der Waals surface area contributed by atoms with Crippen LogP contribution in [0.3, 0.4) is 0 Å². The third kappa shape index (κ3) is 4.92. The Balaban J connectivity index is 2.45. The molecule has 0 saturated carbocycles. The second-order valence-electron chi connectivity index (χ2n) is 3.57. The first-order chi connectivity index (χ1) is 9.06. The molecule has 1 atom stereocenters. The standard InChI is InChI=1S/C12H14FNO5/c1-18-12(17)10(6-15)14-11(16)7-19-9-4-2-3-8(13)5-9/h2-5,10,15H,6-7H2,1H3,(H,14,16). The van der Waals surface area contributed by atoms with Crippen molar-refractivity contribution in [3.05, 3.63) is 30.1 Å². The van der Waals surface area contributed by atoms with E-state index in [0.717, 1.165) is 13.2 Å². The van der Waals surface area contributed by atoms with Crippen molar-refractivity contribution in [2.75, 3.05) is 20.3 Å². The lowest BCUT2D eigenvalue weighted by Crippen LogP contribution is -2.45. The van der Waals surface area contributed by atoms with Gasteiger partial charge in [0.15, 0.2) is 12.6 Å². The smallest absolute Gasteiger partial charge is 0.330 e. The Bertz CT molecular complexity index is 452. The van der Waals surface area contributed by atoms with E-state index in [1.54, 1.807) is 0 Å². The summed E-state index contributed by atoms with van der Waals surface area (Å²) in [7, 11) is 1.14. The van der Waals surface area contributed by atoms with E-state index in [1.165, 1.54) is 18.2 Å². The van der Waals surface area contributed by atoms with E-state index in [4.69, 9.17) is 9.84 Å². The van der Waals surface area contributed by atoms with Gasteiger partial charge in [0.25, 0.3) is 5.91 Å². The molecular formula is C12H14FNO5. The number of amides is 1. The molecule has 1 aromatic rings. The van der Waals surface area contributed by atoms with Gasteiger partial charge in [-0.1, -0.05) is 6.07 Å². The molecule has 1 aromatic carbocycles. The SMILES string of the molecule is COC(=O)C(CO)NC(=O)COc1cccc(F)c1. The van der Waals surface area contributed by atoms with Crippen molar-refractivity contribution in [1.82, 2.24) is 5.32 Å². The summed E-state index contributed by atoms with van der Waals surface area (Å²) in [5, 5.41) is 11.1. The minimum atomic E-state index is -1.14. The topological polar surface area (TPSA) is 84.9 Å². The van der Waals surface area contributed by atoms with Gasteiger partial charge in [0.1, 0.15) is 11.6 Å². The van der Waals surface area contributed by atoms with Crippen molar-refractivity contribution in [2.45, 2.75) is 6.04 Å². The number of ether oxygens (including phenoxy) is 2. The van der Waals surface area contributed by atoms with Crippen LogP contribution >= 0.6 is 0 Å². The van der Waals surface area contributed by atoms with Crippen LogP contribution in [0, 0.1) is 5.82 Å². The first kappa shape index (κ1) is 14.9. The summed E-state index contributed by atoms with van der Waals surface area (Å²) in [6.45, 7) is -0.991. The summed E-state index contributed by atoms with van der Waals surface area (Å²) in [5.74, 6) is -1.69. The van der Waals surface area contributed by atoms with Crippen molar-refractivity contribution in [1.29, 1.82) is 0 Å². The molecule has 2 N–H and O–H groups in total. The second-order valence-corrected chi connectivity index (χ2v) is 3.57. The first-order valence-corrected chi connectivity index (χ1v) is 5.43. The molecule has 1 unspecified atom stereocenters. The maximum atomic E-state index is 12.8. The number of carbonyl (C=O) groups is 2. The Morgan fingerprint density at radius 1 is 1.47 bits per heavy atom. The van der Waals surface area contributed by atoms with Crippen LogP contribution in [-0.2, 0) is 14.3 Å². The van der Waals surface area contributed by atoms with Gasteiger partial charge in [-0.2, -0.15) is 0 Å². The van der Waals surface area contributed by atoms with Gasteiger partial charge < -0.3 is 19.9 Å². The van der Waals surface area contributed by atoms with E-state index in [0.29, 0.717) is 0 Å². The van der Waals surface area contributed by atoms with Crippen molar-refractivity contribution in [3.8, 4) is 5.75 Å². The number of methoxy groups -OCH3 is 1. The number of hydrogen-bond donors (Lipinski definition) is 2. The number of aliphatic hydroxyl groups is 1. The largest absolute Gasteiger partial charge is 0.484 e. The molecule has 7 heteroatoms. The summed E-state index contributed by atoms with van der Waals surface area (Å²) in [6, 6.07) is 4.14. The number of hydrogen-bond acceptors (Lipinski definition) is 5. The number of esters is 1. The molecule has 0 saturated heterocycles. The van der Waals surface area contributed by atoms with Gasteiger partial charge in [0, 0.05) is 6.07 Å². The van der Waals surface area contributed by atoms with Crippen LogP contribution in [0.15, 0.2) is 24.3 Å². The highest BCUT2D eigenvalue weighted by atomic mass is 19.1. The predicted octanol–water partition coefficient (Wildman–Crippen LogP) is -0.145. The fraction of sp³-hybridized carbons (Fsp3) is 0.333. The Hall–Kier alpha value is -2.15. The third-order valence-electron chi connectivity index (χ3n) is 2.17. The van der Waals surface area contributed by atoms with Gasteiger partial charge in [0.2, 0.25) is 0 Å². The Labute approximate surface area is 109 Å². The zero-order valence-corrected chi connectivity index (χ0v) is 10.3. The Morgan fingerprint density at radius 3 is 2.79 bits per heavy atom. The molecule has 0 aromatic heterocycles. The number of carbonyl (C=O) groups excluding carboxylic acids is 2. The lowest BCUT2D eigenvalue weighted by molar-refractivity contribution is -0.146. The zero-order valence-electron chi connectivity index (χ0n) is 10.3. The van der Waals surface area contributed by atoms with Crippen LogP contribution in [0.2, 0.25) is 0 Å². The molecule has 0 aliphatic heterocycles. The number of rotatable bonds is 6. The quantitative estimate of drug-likeness (QED) is 0.703. The monoisotopic (exact) mass is 271 g/mol. The summed E-state index contributed by atoms with van der Waals surface area (Å²) in [5.41, 5.74) is 0. The molecule has 0 aliphatic carbocycles. The molecule has 6 nitrogen and oxygen atoms in total. The van der Waals surface area contributed by atoms with Crippen LogP contribution in [0.25, 0.3) is 0 Å². The van der Waals surface area contributed by atoms with Gasteiger partial charge in [-0.15, -0.1) is 0 Å². The molecule has 0 fully saturated rings. The van der Waals surface area contributed by atoms with E-state index in [9.17, 15) is 14.0 Å². The van der Waals surface area contributed by atoms with E-state index < -0.39 is 36.9 Å². The summed E-state index contributed by atoms with van der Waals surface area (Å²) in [6.07, 6.45) is 0. The number of benzene rings is 1. The van der Waals surface area contributed by atoms with Crippen molar-refractivity contribution in [2.24, 2.45) is 0 Å². The van der Waals surface area contributed by atoms with Gasteiger partial charge >= 0.3 is 5.97 Å². The fourth-order valence-electron chi connectivity index (χ4n) is 1.26. The second kappa shape index (κ2) is 7.32. The molecule has 19 heavy (non-hydrogen) atoms. The van der Waals surface area contributed by atoms with Gasteiger partial charge in [-0.3, -0.25) is 4.79 Å². The fourth-order valence-corrected chi connectivity index (χ4v) is 1.26. The summed E-state index contributed by atoms with van der Waals surface area (Å²) >= 11 is 0. The summed E-state index contributed by atoms with van der Waals surface area (Å²) in [4.78, 5) is 22.6. The zero-order chi connectivity index (χ0) is 14.3. The number of aliphatic hydroxyl groups excluding tert-OH is 1. The average Bonchev–Trinajstić information content (AvgIpc) is 2.41. The minimum Gasteiger partial charge on any atom is -0.484 e. The van der Waals surface area contributed by atoms with Crippen LogP contribution in [0.1, 0.15) is 0 Å². The predicted molar refractivity (Wildman–Crippen MR) is 62.9 cm³/mol. The molecule has 104 valence electrons. The lowest BCUT2D eigenvalue weighted by Gasteiger charge is -2.14. The molecule has 0 heterocycles. The molecule has 0 aliphatic rings. The van der Waals surface area contributed by atoms with Crippen LogP contribution < -0.4 is 10.1 Å². The van der Waals surface area contributed by atoms with Crippen molar-refractivity contribution >= 4 is 11.9 Å². The molecule has 0 spiro atoms. The highest BCUT2D eigenvalue weighted by Crippen LogP contribution is 2.11. The van der Waals surface area contributed by atoms with E-state index in [1.807, 2.05) is 0 Å². The molecule has 0 radical (unpaired) electrons. The third-order valence-corrected chi connectivity index (χ3v) is 2.17. The maximum Gasteiger partial charge on any atom is 0.330 e. The van der Waals surface area contributed by atoms with Crippen LogP contribution in [-0.4, -0.2) is 43.3 Å². The normalized spacial score (nSPS) is 11.5. The number of halogens is 1. The van der Waals surface area contributed by atoms with Crippen LogP contribution in [0.5, 0.6) is 5.75 Å². The van der Waals surface area contributed by atoms with E-state index in [2.05, 4.69) is 10.1 Å². The van der Waals surface area contributed by atoms with Crippen molar-refractivity contribution in [3.63, 3.8) is 0 Å². The average molecular weight is 271 g/mol. The van der Waals surface area contributed by atoms with E-state index in [-0.39, 0.29) is 5.75 Å². The highest BCUT2D eigenvalue weighted by molar-refractivity contribution is 5.85. The molecule has 0 bridgehead atoms.